The van der Waals surface area contributed by atoms with E-state index in [0.717, 1.165) is 11.4 Å². The van der Waals surface area contributed by atoms with E-state index in [0.29, 0.717) is 43.5 Å². The van der Waals surface area contributed by atoms with Crippen molar-refractivity contribution in [1.29, 1.82) is 0 Å². The molecule has 0 atom stereocenters. The van der Waals surface area contributed by atoms with Gasteiger partial charge in [0.05, 0.1) is 12.7 Å². The second-order valence-corrected chi connectivity index (χ2v) is 6.61. The Morgan fingerprint density at radius 2 is 1.85 bits per heavy atom. The quantitative estimate of drug-likeness (QED) is 0.680. The summed E-state index contributed by atoms with van der Waals surface area (Å²) >= 11 is 0. The molecule has 1 aliphatic rings. The number of rotatable bonds is 3. The Morgan fingerprint density at radius 1 is 1.11 bits per heavy atom. The van der Waals surface area contributed by atoms with Crippen LogP contribution >= 0.6 is 0 Å². The van der Waals surface area contributed by atoms with Gasteiger partial charge in [-0.25, -0.2) is 9.50 Å². The molecule has 1 fully saturated rings. The Bertz CT molecular complexity index is 986. The number of carbonyl (C=O) groups is 2. The van der Waals surface area contributed by atoms with E-state index in [9.17, 15) is 9.59 Å². The fraction of sp³-hybridized carbons (Fsp3) is 0.389. The number of hydrogen-bond acceptors (Lipinski definition) is 6. The van der Waals surface area contributed by atoms with Gasteiger partial charge in [-0.1, -0.05) is 0 Å². The molecule has 27 heavy (non-hydrogen) atoms. The number of aryl methyl sites for hydroxylation is 2. The highest BCUT2D eigenvalue weighted by Gasteiger charge is 2.26. The molecule has 1 aliphatic heterocycles. The zero-order valence-electron chi connectivity index (χ0n) is 15.3. The fourth-order valence-electron chi connectivity index (χ4n) is 3.24. The number of carbonyl (C=O) groups excluding carboxylic acids is 2. The highest BCUT2D eigenvalue weighted by molar-refractivity contribution is 5.91. The van der Waals surface area contributed by atoms with E-state index in [-0.39, 0.29) is 18.2 Å². The number of nitrogens with zero attached hydrogens (tertiary/aromatic N) is 6. The molecule has 0 aliphatic carbocycles. The smallest absolute Gasteiger partial charge is 0.289 e. The molecule has 9 heteroatoms. The largest absolute Gasteiger partial charge is 0.459 e. The number of furan rings is 1. The van der Waals surface area contributed by atoms with Gasteiger partial charge in [-0.2, -0.15) is 4.98 Å². The second-order valence-electron chi connectivity index (χ2n) is 6.61. The van der Waals surface area contributed by atoms with Crippen molar-refractivity contribution >= 4 is 17.6 Å². The summed E-state index contributed by atoms with van der Waals surface area (Å²) in [5, 5.41) is 4.38. The van der Waals surface area contributed by atoms with Gasteiger partial charge in [0, 0.05) is 37.6 Å². The molecule has 4 rings (SSSR count). The van der Waals surface area contributed by atoms with Crippen LogP contribution in [0.5, 0.6) is 0 Å². The molecule has 3 aromatic heterocycles. The molecule has 4 heterocycles. The molecule has 0 saturated carbocycles. The summed E-state index contributed by atoms with van der Waals surface area (Å²) in [6.45, 7) is 5.74. The average Bonchev–Trinajstić information content (AvgIpc) is 3.31. The van der Waals surface area contributed by atoms with Gasteiger partial charge in [0.25, 0.3) is 11.7 Å². The minimum absolute atomic E-state index is 0.0506. The lowest BCUT2D eigenvalue weighted by molar-refractivity contribution is -0.132. The lowest BCUT2D eigenvalue weighted by atomic mass is 10.2. The average molecular weight is 368 g/mol. The van der Waals surface area contributed by atoms with Crippen molar-refractivity contribution in [1.82, 2.24) is 29.4 Å². The summed E-state index contributed by atoms with van der Waals surface area (Å²) in [6, 6.07) is 5.25. The number of fused-ring (bicyclic) bond motifs is 1. The standard InChI is InChI=1S/C18H20N6O3/c1-12-10-13(2)24-18(19-12)20-15(21-24)11-16(25)22-5-7-23(8-6-22)17(26)14-4-3-9-27-14/h3-4,9-10H,5-8,11H2,1-2H3. The van der Waals surface area contributed by atoms with Gasteiger partial charge < -0.3 is 14.2 Å². The van der Waals surface area contributed by atoms with Crippen molar-refractivity contribution in [2.75, 3.05) is 26.2 Å². The Kier molecular flexibility index (Phi) is 4.35. The van der Waals surface area contributed by atoms with Crippen LogP contribution in [0.25, 0.3) is 5.78 Å². The van der Waals surface area contributed by atoms with E-state index in [1.165, 1.54) is 6.26 Å². The summed E-state index contributed by atoms with van der Waals surface area (Å²) in [7, 11) is 0. The zero-order valence-corrected chi connectivity index (χ0v) is 15.3. The maximum absolute atomic E-state index is 12.6. The van der Waals surface area contributed by atoms with Crippen molar-refractivity contribution in [2.24, 2.45) is 0 Å². The molecule has 0 radical (unpaired) electrons. The van der Waals surface area contributed by atoms with Gasteiger partial charge in [0.15, 0.2) is 11.6 Å². The summed E-state index contributed by atoms with van der Waals surface area (Å²) in [5.41, 5.74) is 1.79. The van der Waals surface area contributed by atoms with Crippen molar-refractivity contribution in [3.05, 3.63) is 47.4 Å². The lowest BCUT2D eigenvalue weighted by Gasteiger charge is -2.34. The van der Waals surface area contributed by atoms with Gasteiger partial charge in [0.1, 0.15) is 0 Å². The molecule has 140 valence electrons. The van der Waals surface area contributed by atoms with E-state index >= 15 is 0 Å². The first-order chi connectivity index (χ1) is 13.0. The Balaban J connectivity index is 1.38. The van der Waals surface area contributed by atoms with Gasteiger partial charge >= 0.3 is 0 Å². The van der Waals surface area contributed by atoms with Crippen LogP contribution in [0.2, 0.25) is 0 Å². The van der Waals surface area contributed by atoms with E-state index < -0.39 is 0 Å². The van der Waals surface area contributed by atoms with Crippen LogP contribution in [0.3, 0.4) is 0 Å². The topological polar surface area (TPSA) is 96.8 Å². The van der Waals surface area contributed by atoms with Gasteiger partial charge in [-0.05, 0) is 32.0 Å². The predicted octanol–water partition coefficient (Wildman–Crippen LogP) is 0.861. The molecular formula is C18H20N6O3. The van der Waals surface area contributed by atoms with Crippen LogP contribution < -0.4 is 0 Å². The molecule has 3 aromatic rings. The molecule has 0 spiro atoms. The Labute approximate surface area is 155 Å². The third kappa shape index (κ3) is 3.40. The van der Waals surface area contributed by atoms with Crippen LogP contribution in [-0.4, -0.2) is 67.4 Å². The van der Waals surface area contributed by atoms with Crippen molar-refractivity contribution in [2.45, 2.75) is 20.3 Å². The van der Waals surface area contributed by atoms with Gasteiger partial charge in [-0.15, -0.1) is 5.10 Å². The molecule has 0 N–H and O–H groups in total. The highest BCUT2D eigenvalue weighted by Crippen LogP contribution is 2.11. The first kappa shape index (κ1) is 17.2. The minimum Gasteiger partial charge on any atom is -0.459 e. The monoisotopic (exact) mass is 368 g/mol. The first-order valence-corrected chi connectivity index (χ1v) is 8.82. The second kappa shape index (κ2) is 6.82. The predicted molar refractivity (Wildman–Crippen MR) is 95.2 cm³/mol. The molecular weight excluding hydrogens is 348 g/mol. The van der Waals surface area contributed by atoms with Crippen LogP contribution in [0.15, 0.2) is 28.9 Å². The van der Waals surface area contributed by atoms with Crippen LogP contribution in [0.1, 0.15) is 27.8 Å². The number of aromatic nitrogens is 4. The normalized spacial score (nSPS) is 14.7. The summed E-state index contributed by atoms with van der Waals surface area (Å²) in [4.78, 5) is 37.0. The molecule has 2 amide bonds. The molecule has 1 saturated heterocycles. The van der Waals surface area contributed by atoms with Gasteiger partial charge in [-0.3, -0.25) is 9.59 Å². The minimum atomic E-state index is -0.147. The molecule has 9 nitrogen and oxygen atoms in total. The van der Waals surface area contributed by atoms with Crippen LogP contribution in [0.4, 0.5) is 0 Å². The van der Waals surface area contributed by atoms with Crippen LogP contribution in [-0.2, 0) is 11.2 Å². The molecule has 0 unspecified atom stereocenters. The van der Waals surface area contributed by atoms with Gasteiger partial charge in [0.2, 0.25) is 5.91 Å². The van der Waals surface area contributed by atoms with Crippen molar-refractivity contribution < 1.29 is 14.0 Å². The van der Waals surface area contributed by atoms with Crippen molar-refractivity contribution in [3.8, 4) is 0 Å². The summed E-state index contributed by atoms with van der Waals surface area (Å²) in [6.07, 6.45) is 1.60. The number of hydrogen-bond donors (Lipinski definition) is 0. The maximum Gasteiger partial charge on any atom is 0.289 e. The lowest BCUT2D eigenvalue weighted by Crippen LogP contribution is -2.51. The molecule has 0 bridgehead atoms. The first-order valence-electron chi connectivity index (χ1n) is 8.82. The Morgan fingerprint density at radius 3 is 2.56 bits per heavy atom. The van der Waals surface area contributed by atoms with Crippen LogP contribution in [0, 0.1) is 13.8 Å². The van der Waals surface area contributed by atoms with E-state index in [4.69, 9.17) is 4.42 Å². The molecule has 0 aromatic carbocycles. The van der Waals surface area contributed by atoms with Crippen molar-refractivity contribution in [3.63, 3.8) is 0 Å². The van der Waals surface area contributed by atoms with E-state index in [1.807, 2.05) is 19.9 Å². The maximum atomic E-state index is 12.6. The number of amides is 2. The fourth-order valence-corrected chi connectivity index (χ4v) is 3.24. The Hall–Kier alpha value is -3.23. The highest BCUT2D eigenvalue weighted by atomic mass is 16.3. The zero-order chi connectivity index (χ0) is 19.0. The summed E-state index contributed by atoms with van der Waals surface area (Å²) < 4.78 is 6.80. The van der Waals surface area contributed by atoms with E-state index in [2.05, 4.69) is 15.1 Å². The summed E-state index contributed by atoms with van der Waals surface area (Å²) in [5.74, 6) is 1.08. The third-order valence-electron chi connectivity index (χ3n) is 4.62. The SMILES string of the molecule is Cc1cc(C)n2nc(CC(=O)N3CCN(C(=O)c4ccco4)CC3)nc2n1. The number of piperazine rings is 1. The third-order valence-corrected chi connectivity index (χ3v) is 4.62. The van der Waals surface area contributed by atoms with E-state index in [1.54, 1.807) is 26.4 Å².